The number of hydrogen-bond acceptors (Lipinski definition) is 3. The molecule has 0 fully saturated rings. The average molecular weight is 271 g/mol. The van der Waals surface area contributed by atoms with Crippen molar-refractivity contribution in [2.24, 2.45) is 7.05 Å². The number of aryl methyl sites for hydroxylation is 1. The first-order valence-corrected chi connectivity index (χ1v) is 7.27. The number of aromatic nitrogens is 2. The molecule has 4 nitrogen and oxygen atoms in total. The second kappa shape index (κ2) is 5.67. The number of para-hydroxylation sites is 1. The van der Waals surface area contributed by atoms with E-state index in [9.17, 15) is 0 Å². The second-order valence-corrected chi connectivity index (χ2v) is 5.18. The molecule has 1 aliphatic heterocycles. The van der Waals surface area contributed by atoms with Gasteiger partial charge in [0.2, 0.25) is 0 Å². The lowest BCUT2D eigenvalue weighted by molar-refractivity contribution is 0.219. The lowest BCUT2D eigenvalue weighted by Gasteiger charge is -2.22. The van der Waals surface area contributed by atoms with Gasteiger partial charge in [-0.2, -0.15) is 5.10 Å². The van der Waals surface area contributed by atoms with Gasteiger partial charge in [0.1, 0.15) is 0 Å². The summed E-state index contributed by atoms with van der Waals surface area (Å²) in [5, 5.41) is 9.51. The van der Waals surface area contributed by atoms with Crippen molar-refractivity contribution in [2.75, 3.05) is 13.2 Å². The molecule has 1 unspecified atom stereocenters. The lowest BCUT2D eigenvalue weighted by atomic mass is 9.97. The molecule has 4 heteroatoms. The predicted octanol–water partition coefficient (Wildman–Crippen LogP) is 2.92. The van der Waals surface area contributed by atoms with E-state index in [-0.39, 0.29) is 6.04 Å². The third-order valence-corrected chi connectivity index (χ3v) is 3.80. The quantitative estimate of drug-likeness (QED) is 0.929. The Kier molecular flexibility index (Phi) is 3.74. The number of benzene rings is 1. The molecule has 1 aromatic heterocycles. The van der Waals surface area contributed by atoms with E-state index in [1.54, 1.807) is 0 Å². The van der Waals surface area contributed by atoms with E-state index in [0.717, 1.165) is 31.7 Å². The molecule has 0 spiro atoms. The molecular weight excluding hydrogens is 250 g/mol. The van der Waals surface area contributed by atoms with E-state index in [2.05, 4.69) is 36.5 Å². The van der Waals surface area contributed by atoms with Crippen LogP contribution in [0.15, 0.2) is 36.1 Å². The van der Waals surface area contributed by atoms with E-state index in [1.165, 1.54) is 16.5 Å². The van der Waals surface area contributed by atoms with E-state index in [0.29, 0.717) is 0 Å². The van der Waals surface area contributed by atoms with Crippen LogP contribution in [0, 0.1) is 0 Å². The molecule has 0 saturated carbocycles. The van der Waals surface area contributed by atoms with Crippen LogP contribution in [0.4, 0.5) is 0 Å². The maximum atomic E-state index is 5.51. The zero-order chi connectivity index (χ0) is 13.9. The van der Waals surface area contributed by atoms with Crippen LogP contribution in [-0.2, 0) is 11.8 Å². The monoisotopic (exact) mass is 271 g/mol. The van der Waals surface area contributed by atoms with Crippen molar-refractivity contribution in [3.8, 4) is 0 Å². The lowest BCUT2D eigenvalue weighted by Crippen LogP contribution is -2.25. The molecule has 20 heavy (non-hydrogen) atoms. The third kappa shape index (κ3) is 2.31. The van der Waals surface area contributed by atoms with Crippen molar-refractivity contribution in [1.82, 2.24) is 15.1 Å². The Morgan fingerprint density at radius 2 is 2.25 bits per heavy atom. The first kappa shape index (κ1) is 13.2. The highest BCUT2D eigenvalue weighted by Gasteiger charge is 2.23. The van der Waals surface area contributed by atoms with Crippen LogP contribution in [0.2, 0.25) is 0 Å². The first-order chi connectivity index (χ1) is 9.81. The molecule has 0 aliphatic carbocycles. The minimum Gasteiger partial charge on any atom is -0.501 e. The van der Waals surface area contributed by atoms with E-state index in [1.807, 2.05) is 18.0 Å². The van der Waals surface area contributed by atoms with Gasteiger partial charge in [-0.1, -0.05) is 25.1 Å². The molecule has 0 bridgehead atoms. The molecule has 0 saturated heterocycles. The molecule has 2 heterocycles. The standard InChI is InChI=1S/C16H21N3O/c1-3-17-15(12-7-6-10-20-11-12)16-13-8-4-5-9-14(13)19(2)18-16/h4-5,8-9,11,15,17H,3,6-7,10H2,1-2H3. The first-order valence-electron chi connectivity index (χ1n) is 7.27. The van der Waals surface area contributed by atoms with E-state index < -0.39 is 0 Å². The molecule has 106 valence electrons. The number of ether oxygens (including phenoxy) is 1. The Morgan fingerprint density at radius 1 is 1.40 bits per heavy atom. The van der Waals surface area contributed by atoms with Crippen LogP contribution in [0.3, 0.4) is 0 Å². The highest BCUT2D eigenvalue weighted by atomic mass is 16.5. The van der Waals surface area contributed by atoms with Crippen LogP contribution in [0.25, 0.3) is 10.9 Å². The second-order valence-electron chi connectivity index (χ2n) is 5.18. The summed E-state index contributed by atoms with van der Waals surface area (Å²) in [7, 11) is 2.00. The number of nitrogens with one attached hydrogen (secondary N) is 1. The predicted molar refractivity (Wildman–Crippen MR) is 80.4 cm³/mol. The third-order valence-electron chi connectivity index (χ3n) is 3.80. The van der Waals surface area contributed by atoms with Crippen molar-refractivity contribution >= 4 is 10.9 Å². The van der Waals surface area contributed by atoms with Gasteiger partial charge in [-0.15, -0.1) is 0 Å². The van der Waals surface area contributed by atoms with E-state index >= 15 is 0 Å². The minimum atomic E-state index is 0.145. The number of fused-ring (bicyclic) bond motifs is 1. The fourth-order valence-electron chi connectivity index (χ4n) is 2.86. The largest absolute Gasteiger partial charge is 0.501 e. The van der Waals surface area contributed by atoms with Gasteiger partial charge in [-0.05, 0) is 31.0 Å². The molecule has 1 N–H and O–H groups in total. The van der Waals surface area contributed by atoms with Crippen LogP contribution in [-0.4, -0.2) is 22.9 Å². The highest BCUT2D eigenvalue weighted by Crippen LogP contribution is 2.31. The molecule has 1 aliphatic rings. The number of likely N-dealkylation sites (N-methyl/N-ethyl adjacent to an activating group) is 1. The molecule has 0 radical (unpaired) electrons. The molecule has 2 aromatic rings. The Labute approximate surface area is 119 Å². The summed E-state index contributed by atoms with van der Waals surface area (Å²) < 4.78 is 7.47. The fraction of sp³-hybridized carbons (Fsp3) is 0.438. The smallest absolute Gasteiger partial charge is 0.0915 e. The normalized spacial score (nSPS) is 16.8. The number of rotatable bonds is 4. The Bertz CT molecular complexity index is 630. The van der Waals surface area contributed by atoms with Crippen LogP contribution in [0.1, 0.15) is 31.5 Å². The van der Waals surface area contributed by atoms with Gasteiger partial charge in [0, 0.05) is 12.4 Å². The van der Waals surface area contributed by atoms with Gasteiger partial charge in [-0.25, -0.2) is 0 Å². The summed E-state index contributed by atoms with van der Waals surface area (Å²) in [6.45, 7) is 3.86. The maximum absolute atomic E-state index is 5.51. The number of nitrogens with zero attached hydrogens (tertiary/aromatic N) is 2. The summed E-state index contributed by atoms with van der Waals surface area (Å²) in [4.78, 5) is 0. The SMILES string of the molecule is CCNC(C1=COCCC1)c1nn(C)c2ccccc12. The molecule has 3 rings (SSSR count). The summed E-state index contributed by atoms with van der Waals surface area (Å²) in [6, 6.07) is 8.53. The van der Waals surface area contributed by atoms with Crippen molar-refractivity contribution < 1.29 is 4.74 Å². The van der Waals surface area contributed by atoms with Crippen LogP contribution < -0.4 is 5.32 Å². The van der Waals surface area contributed by atoms with Crippen molar-refractivity contribution in [3.63, 3.8) is 0 Å². The summed E-state index contributed by atoms with van der Waals surface area (Å²) in [5.74, 6) is 0. The van der Waals surface area contributed by atoms with Gasteiger partial charge in [0.05, 0.1) is 30.1 Å². The highest BCUT2D eigenvalue weighted by molar-refractivity contribution is 5.82. The van der Waals surface area contributed by atoms with Crippen molar-refractivity contribution in [3.05, 3.63) is 41.8 Å². The Morgan fingerprint density at radius 3 is 3.00 bits per heavy atom. The topological polar surface area (TPSA) is 39.1 Å². The van der Waals surface area contributed by atoms with Gasteiger partial charge in [0.15, 0.2) is 0 Å². The zero-order valence-corrected chi connectivity index (χ0v) is 12.1. The summed E-state index contributed by atoms with van der Waals surface area (Å²) >= 11 is 0. The van der Waals surface area contributed by atoms with Crippen molar-refractivity contribution in [2.45, 2.75) is 25.8 Å². The van der Waals surface area contributed by atoms with Gasteiger partial charge in [-0.3, -0.25) is 4.68 Å². The summed E-state index contributed by atoms with van der Waals surface area (Å²) in [5.41, 5.74) is 3.56. The Balaban J connectivity index is 2.07. The zero-order valence-electron chi connectivity index (χ0n) is 12.1. The van der Waals surface area contributed by atoms with Crippen LogP contribution in [0.5, 0.6) is 0 Å². The Hall–Kier alpha value is -1.81. The maximum Gasteiger partial charge on any atom is 0.0915 e. The van der Waals surface area contributed by atoms with Gasteiger partial charge in [0.25, 0.3) is 0 Å². The molecule has 0 amide bonds. The minimum absolute atomic E-state index is 0.145. The molecular formula is C16H21N3O. The van der Waals surface area contributed by atoms with Crippen LogP contribution >= 0.6 is 0 Å². The van der Waals surface area contributed by atoms with Crippen molar-refractivity contribution in [1.29, 1.82) is 0 Å². The average Bonchev–Trinajstić information content (AvgIpc) is 2.83. The molecule has 1 atom stereocenters. The van der Waals surface area contributed by atoms with Gasteiger partial charge < -0.3 is 10.1 Å². The number of hydrogen-bond donors (Lipinski definition) is 1. The van der Waals surface area contributed by atoms with Gasteiger partial charge >= 0.3 is 0 Å². The van der Waals surface area contributed by atoms with E-state index in [4.69, 9.17) is 9.84 Å². The summed E-state index contributed by atoms with van der Waals surface area (Å²) in [6.07, 6.45) is 4.07. The molecule has 1 aromatic carbocycles. The fourth-order valence-corrected chi connectivity index (χ4v) is 2.86.